The maximum atomic E-state index is 11.0. The Kier molecular flexibility index (Phi) is 4.19. The van der Waals surface area contributed by atoms with Crippen molar-refractivity contribution in [2.75, 3.05) is 14.2 Å². The molecule has 18 heavy (non-hydrogen) atoms. The molecule has 1 aromatic rings. The summed E-state index contributed by atoms with van der Waals surface area (Å²) in [7, 11) is 2.86. The quantitative estimate of drug-likeness (QED) is 0.219. The highest BCUT2D eigenvalue weighted by molar-refractivity contribution is 5.87. The summed E-state index contributed by atoms with van der Waals surface area (Å²) in [5.41, 5.74) is 10.3. The summed E-state index contributed by atoms with van der Waals surface area (Å²) in [4.78, 5) is 0.0170. The maximum absolute atomic E-state index is 11.0. The van der Waals surface area contributed by atoms with Crippen molar-refractivity contribution in [2.24, 2.45) is 16.6 Å². The molecule has 0 saturated heterocycles. The Morgan fingerprint density at radius 2 is 2.06 bits per heavy atom. The Hall–Kier alpha value is -2.64. The highest BCUT2D eigenvalue weighted by Crippen LogP contribution is 2.31. The molecule has 98 valence electrons. The van der Waals surface area contributed by atoms with Gasteiger partial charge in [-0.2, -0.15) is 0 Å². The zero-order valence-corrected chi connectivity index (χ0v) is 9.95. The standard InChI is InChI=1S/C10H14N4O4/c1-17-6-3-8(15)7(9(4-6)18-2)5-13-14(16)10(11)12/h3-5,15H,11-12H2,1-2H3. The van der Waals surface area contributed by atoms with Crippen molar-refractivity contribution in [3.63, 3.8) is 0 Å². The number of hydrogen-bond acceptors (Lipinski definition) is 5. The van der Waals surface area contributed by atoms with Crippen LogP contribution in [0.25, 0.3) is 0 Å². The van der Waals surface area contributed by atoms with Gasteiger partial charge in [0.05, 0.1) is 26.0 Å². The first-order chi connectivity index (χ1) is 8.49. The van der Waals surface area contributed by atoms with Crippen molar-refractivity contribution in [3.05, 3.63) is 22.9 Å². The second-order valence-corrected chi connectivity index (χ2v) is 3.20. The average molecular weight is 254 g/mol. The van der Waals surface area contributed by atoms with E-state index in [9.17, 15) is 10.3 Å². The monoisotopic (exact) mass is 254 g/mol. The molecule has 0 aliphatic carbocycles. The summed E-state index contributed by atoms with van der Waals surface area (Å²) in [5, 5.41) is 24.2. The molecule has 0 saturated carbocycles. The molecule has 0 aliphatic rings. The molecule has 0 amide bonds. The Bertz CT molecular complexity index is 495. The number of ether oxygens (including phenoxy) is 2. The van der Waals surface area contributed by atoms with Crippen molar-refractivity contribution in [1.29, 1.82) is 0 Å². The van der Waals surface area contributed by atoms with Gasteiger partial charge < -0.3 is 19.8 Å². The number of methoxy groups -OCH3 is 2. The van der Waals surface area contributed by atoms with E-state index in [0.29, 0.717) is 11.5 Å². The van der Waals surface area contributed by atoms with E-state index in [1.54, 1.807) is 0 Å². The molecule has 0 fully saturated rings. The molecule has 1 rings (SSSR count). The van der Waals surface area contributed by atoms with E-state index in [-0.39, 0.29) is 16.2 Å². The van der Waals surface area contributed by atoms with Crippen LogP contribution in [0.5, 0.6) is 17.2 Å². The lowest BCUT2D eigenvalue weighted by molar-refractivity contribution is -0.463. The van der Waals surface area contributed by atoms with Gasteiger partial charge in [0.1, 0.15) is 17.2 Å². The fourth-order valence-electron chi connectivity index (χ4n) is 1.18. The normalized spacial score (nSPS) is 10.3. The number of rotatable bonds is 4. The summed E-state index contributed by atoms with van der Waals surface area (Å²) in [5.74, 6) is 0.0298. The predicted octanol–water partition coefficient (Wildman–Crippen LogP) is -0.473. The summed E-state index contributed by atoms with van der Waals surface area (Å²) in [6, 6.07) is 2.89. The molecule has 5 N–H and O–H groups in total. The van der Waals surface area contributed by atoms with E-state index in [0.717, 1.165) is 6.21 Å². The van der Waals surface area contributed by atoms with Gasteiger partial charge in [0.25, 0.3) is 0 Å². The van der Waals surface area contributed by atoms with Crippen LogP contribution in [0.15, 0.2) is 17.2 Å². The lowest BCUT2D eigenvalue weighted by atomic mass is 10.2. The largest absolute Gasteiger partial charge is 0.722 e. The van der Waals surface area contributed by atoms with Crippen LogP contribution in [-0.4, -0.2) is 36.3 Å². The van der Waals surface area contributed by atoms with Crippen LogP contribution >= 0.6 is 0 Å². The molecule has 1 aromatic carbocycles. The van der Waals surface area contributed by atoms with Crippen LogP contribution in [0.4, 0.5) is 0 Å². The van der Waals surface area contributed by atoms with Crippen LogP contribution in [0.3, 0.4) is 0 Å². The zero-order chi connectivity index (χ0) is 13.7. The predicted molar refractivity (Wildman–Crippen MR) is 65.8 cm³/mol. The number of aromatic hydroxyl groups is 1. The number of nitrogens with zero attached hydrogens (tertiary/aromatic N) is 2. The van der Waals surface area contributed by atoms with Gasteiger partial charge in [0.15, 0.2) is 0 Å². The average Bonchev–Trinajstić information content (AvgIpc) is 2.35. The van der Waals surface area contributed by atoms with Gasteiger partial charge in [-0.05, 0) is 0 Å². The minimum absolute atomic E-state index is 0.0170. The summed E-state index contributed by atoms with van der Waals surface area (Å²) in [6.07, 6.45) is 1.08. The second kappa shape index (κ2) is 5.62. The SMILES string of the molecule is COc1cc(O)c(C=N[N+]([O-])=C(N)N)c(OC)c1. The number of hydrazone groups is 1. The molecule has 0 spiro atoms. The molecule has 0 atom stereocenters. The molecule has 0 unspecified atom stereocenters. The van der Waals surface area contributed by atoms with Crippen LogP contribution in [0.2, 0.25) is 0 Å². The first kappa shape index (κ1) is 13.4. The zero-order valence-electron chi connectivity index (χ0n) is 9.95. The van der Waals surface area contributed by atoms with E-state index in [4.69, 9.17) is 20.9 Å². The molecule has 0 bridgehead atoms. The Balaban J connectivity index is 3.20. The minimum Gasteiger partial charge on any atom is -0.722 e. The highest BCUT2D eigenvalue weighted by atomic mass is 16.5. The van der Waals surface area contributed by atoms with E-state index in [2.05, 4.69) is 5.10 Å². The minimum atomic E-state index is -0.516. The van der Waals surface area contributed by atoms with Gasteiger partial charge in [-0.25, -0.2) is 0 Å². The van der Waals surface area contributed by atoms with E-state index >= 15 is 0 Å². The third kappa shape index (κ3) is 2.94. The van der Waals surface area contributed by atoms with E-state index in [1.165, 1.54) is 26.4 Å². The van der Waals surface area contributed by atoms with E-state index < -0.39 is 5.96 Å². The highest BCUT2D eigenvalue weighted by Gasteiger charge is 2.10. The van der Waals surface area contributed by atoms with Gasteiger partial charge in [0, 0.05) is 12.1 Å². The fraction of sp³-hybridized carbons (Fsp3) is 0.200. The first-order valence-electron chi connectivity index (χ1n) is 4.83. The topological polar surface area (TPSA) is 129 Å². The lowest BCUT2D eigenvalue weighted by Crippen LogP contribution is -2.30. The molecule has 0 heterocycles. The van der Waals surface area contributed by atoms with Gasteiger partial charge in [-0.1, -0.05) is 0 Å². The molecular formula is C10H14N4O4. The Morgan fingerprint density at radius 3 is 2.56 bits per heavy atom. The Labute approximate surface area is 103 Å². The third-order valence-corrected chi connectivity index (χ3v) is 2.06. The molecule has 8 nitrogen and oxygen atoms in total. The summed E-state index contributed by atoms with van der Waals surface area (Å²) < 4.78 is 10.00. The van der Waals surface area contributed by atoms with Crippen LogP contribution in [0.1, 0.15) is 5.56 Å². The summed E-state index contributed by atoms with van der Waals surface area (Å²) >= 11 is 0. The van der Waals surface area contributed by atoms with Crippen LogP contribution < -0.4 is 20.9 Å². The molecule has 0 radical (unpaired) electrons. The number of phenolic OH excluding ortho intramolecular Hbond substituents is 1. The number of phenols is 1. The van der Waals surface area contributed by atoms with E-state index in [1.807, 2.05) is 0 Å². The molecule has 0 aliphatic heterocycles. The van der Waals surface area contributed by atoms with Crippen molar-refractivity contribution in [2.45, 2.75) is 0 Å². The van der Waals surface area contributed by atoms with Gasteiger partial charge >= 0.3 is 5.96 Å². The number of guanidine groups is 1. The smallest absolute Gasteiger partial charge is 0.366 e. The molecule has 0 aromatic heterocycles. The Morgan fingerprint density at radius 1 is 1.39 bits per heavy atom. The van der Waals surface area contributed by atoms with Crippen molar-refractivity contribution < 1.29 is 19.4 Å². The van der Waals surface area contributed by atoms with Gasteiger partial charge in [-0.3, -0.25) is 11.5 Å². The molecular weight excluding hydrogens is 240 g/mol. The van der Waals surface area contributed by atoms with Crippen LogP contribution in [0, 0.1) is 5.21 Å². The van der Waals surface area contributed by atoms with Crippen LogP contribution in [-0.2, 0) is 0 Å². The number of hydrogen-bond donors (Lipinski definition) is 3. The maximum Gasteiger partial charge on any atom is 0.366 e. The third-order valence-electron chi connectivity index (χ3n) is 2.06. The van der Waals surface area contributed by atoms with Crippen molar-refractivity contribution in [1.82, 2.24) is 0 Å². The van der Waals surface area contributed by atoms with Gasteiger partial charge in [0.2, 0.25) is 0 Å². The number of nitrogens with two attached hydrogens (primary N) is 2. The van der Waals surface area contributed by atoms with Crippen molar-refractivity contribution in [3.8, 4) is 17.2 Å². The second-order valence-electron chi connectivity index (χ2n) is 3.20. The fourth-order valence-corrected chi connectivity index (χ4v) is 1.18. The molecule has 8 heteroatoms. The lowest BCUT2D eigenvalue weighted by Gasteiger charge is -2.09. The van der Waals surface area contributed by atoms with Gasteiger partial charge in [-0.15, -0.1) is 9.95 Å². The summed E-state index contributed by atoms with van der Waals surface area (Å²) in [6.45, 7) is 0. The first-order valence-corrected chi connectivity index (χ1v) is 4.83. The number of benzene rings is 1. The van der Waals surface area contributed by atoms with Crippen molar-refractivity contribution >= 4 is 12.2 Å².